The monoisotopic (exact) mass is 492 g/mol. The van der Waals surface area contributed by atoms with Crippen LogP contribution in [0.2, 0.25) is 0 Å². The maximum atomic E-state index is 2.30. The van der Waals surface area contributed by atoms with Crippen molar-refractivity contribution < 1.29 is 0 Å². The van der Waals surface area contributed by atoms with Gasteiger partial charge in [-0.05, 0) is 93.5 Å². The van der Waals surface area contributed by atoms with Crippen LogP contribution in [0.4, 0.5) is 0 Å². The van der Waals surface area contributed by atoms with Gasteiger partial charge in [-0.1, -0.05) is 135 Å². The average Bonchev–Trinajstić information content (AvgIpc) is 2.97. The Morgan fingerprint density at radius 1 is 0.447 bits per heavy atom. The third kappa shape index (κ3) is 5.71. The highest BCUT2D eigenvalue weighted by molar-refractivity contribution is 5.77. The molecular formula is C38H36. The van der Waals surface area contributed by atoms with Crippen LogP contribution < -0.4 is 0 Å². The highest BCUT2D eigenvalue weighted by atomic mass is 14.1. The largest absolute Gasteiger partial charge is 0.0613 e. The van der Waals surface area contributed by atoms with Crippen LogP contribution in [0.15, 0.2) is 109 Å². The van der Waals surface area contributed by atoms with Crippen molar-refractivity contribution in [2.75, 3.05) is 0 Å². The summed E-state index contributed by atoms with van der Waals surface area (Å²) in [4.78, 5) is 0. The van der Waals surface area contributed by atoms with Gasteiger partial charge in [-0.15, -0.1) is 0 Å². The van der Waals surface area contributed by atoms with E-state index in [1.54, 1.807) is 0 Å². The van der Waals surface area contributed by atoms with E-state index in [1.807, 2.05) is 0 Å². The third-order valence-electron chi connectivity index (χ3n) is 7.56. The second kappa shape index (κ2) is 11.5. The molecule has 0 nitrogen and oxygen atoms in total. The number of aryl methyl sites for hydroxylation is 4. The molecule has 0 saturated heterocycles. The summed E-state index contributed by atoms with van der Waals surface area (Å²) < 4.78 is 0. The van der Waals surface area contributed by atoms with E-state index >= 15 is 0 Å². The summed E-state index contributed by atoms with van der Waals surface area (Å²) in [5, 5.41) is 0. The average molecular weight is 493 g/mol. The molecule has 0 aromatic heterocycles. The second-order valence-electron chi connectivity index (χ2n) is 10.2. The van der Waals surface area contributed by atoms with Crippen LogP contribution in [0.3, 0.4) is 0 Å². The van der Waals surface area contributed by atoms with Crippen molar-refractivity contribution in [3.05, 3.63) is 143 Å². The van der Waals surface area contributed by atoms with Gasteiger partial charge in [0.1, 0.15) is 0 Å². The summed E-state index contributed by atoms with van der Waals surface area (Å²) in [7, 11) is 0. The van der Waals surface area contributed by atoms with Gasteiger partial charge in [0, 0.05) is 0 Å². The van der Waals surface area contributed by atoms with Gasteiger partial charge in [0.25, 0.3) is 0 Å². The molecule has 0 bridgehead atoms. The Hall–Kier alpha value is -4.16. The number of hydrogen-bond donors (Lipinski definition) is 0. The SMILES string of the molecule is CCc1ccc(-c2ccc(/C=C/c3ccc(-c4ccc(-c5ccc(CC)cc5)c(C)c4)cc3)c(C)c2)cc1. The summed E-state index contributed by atoms with van der Waals surface area (Å²) >= 11 is 0. The van der Waals surface area contributed by atoms with E-state index in [4.69, 9.17) is 0 Å². The lowest BCUT2D eigenvalue weighted by Gasteiger charge is -2.10. The van der Waals surface area contributed by atoms with Gasteiger partial charge in [0.05, 0.1) is 0 Å². The van der Waals surface area contributed by atoms with E-state index < -0.39 is 0 Å². The zero-order valence-corrected chi connectivity index (χ0v) is 23.0. The summed E-state index contributed by atoms with van der Waals surface area (Å²) in [6, 6.07) is 40.2. The van der Waals surface area contributed by atoms with Crippen molar-refractivity contribution >= 4 is 12.2 Å². The van der Waals surface area contributed by atoms with Gasteiger partial charge in [-0.25, -0.2) is 0 Å². The van der Waals surface area contributed by atoms with Crippen LogP contribution in [0.25, 0.3) is 45.5 Å². The molecule has 0 atom stereocenters. The highest BCUT2D eigenvalue weighted by Crippen LogP contribution is 2.30. The van der Waals surface area contributed by atoms with E-state index in [0.717, 1.165) is 12.8 Å². The Balaban J connectivity index is 1.29. The second-order valence-corrected chi connectivity index (χ2v) is 10.2. The van der Waals surface area contributed by atoms with E-state index in [9.17, 15) is 0 Å². The van der Waals surface area contributed by atoms with E-state index in [2.05, 4.69) is 149 Å². The molecule has 0 aliphatic carbocycles. The molecule has 5 aromatic carbocycles. The summed E-state index contributed by atoms with van der Waals surface area (Å²) in [5.41, 5.74) is 15.4. The molecule has 0 aliphatic rings. The minimum atomic E-state index is 1.07. The first-order valence-electron chi connectivity index (χ1n) is 13.7. The summed E-state index contributed by atoms with van der Waals surface area (Å²) in [6.07, 6.45) is 6.57. The fourth-order valence-corrected chi connectivity index (χ4v) is 5.03. The zero-order chi connectivity index (χ0) is 26.5. The van der Waals surface area contributed by atoms with Crippen LogP contribution in [-0.2, 0) is 12.8 Å². The highest BCUT2D eigenvalue weighted by Gasteiger charge is 2.06. The predicted molar refractivity (Wildman–Crippen MR) is 166 cm³/mol. The molecule has 188 valence electrons. The minimum absolute atomic E-state index is 1.07. The van der Waals surface area contributed by atoms with Crippen LogP contribution >= 0.6 is 0 Å². The quantitative estimate of drug-likeness (QED) is 0.198. The standard InChI is InChI=1S/C38H36/c1-5-29-7-15-33(16-8-29)36-22-21-32(27(3)25-36)14-11-31-12-17-34(18-13-31)37-23-24-38(28(4)26-37)35-19-9-30(6-2)10-20-35/h7-26H,5-6H2,1-4H3/b14-11+. The molecule has 5 aromatic rings. The molecular weight excluding hydrogens is 456 g/mol. The van der Waals surface area contributed by atoms with Crippen LogP contribution in [0.1, 0.15) is 47.2 Å². The zero-order valence-electron chi connectivity index (χ0n) is 23.0. The molecule has 0 fully saturated rings. The maximum absolute atomic E-state index is 2.30. The lowest BCUT2D eigenvalue weighted by atomic mass is 9.94. The Kier molecular flexibility index (Phi) is 7.70. The molecule has 0 heterocycles. The van der Waals surface area contributed by atoms with E-state index in [-0.39, 0.29) is 0 Å². The van der Waals surface area contributed by atoms with Crippen LogP contribution in [0, 0.1) is 13.8 Å². The van der Waals surface area contributed by atoms with Crippen molar-refractivity contribution in [2.45, 2.75) is 40.5 Å². The molecule has 5 rings (SSSR count). The lowest BCUT2D eigenvalue weighted by Crippen LogP contribution is -1.87. The molecule has 0 aliphatic heterocycles. The fraction of sp³-hybridized carbons (Fsp3) is 0.158. The first-order valence-corrected chi connectivity index (χ1v) is 13.7. The van der Waals surface area contributed by atoms with Gasteiger partial charge in [-0.3, -0.25) is 0 Å². The van der Waals surface area contributed by atoms with Gasteiger partial charge in [-0.2, -0.15) is 0 Å². The van der Waals surface area contributed by atoms with Gasteiger partial charge < -0.3 is 0 Å². The molecule has 0 radical (unpaired) electrons. The lowest BCUT2D eigenvalue weighted by molar-refractivity contribution is 1.14. The molecule has 0 heteroatoms. The minimum Gasteiger partial charge on any atom is -0.0613 e. The molecule has 38 heavy (non-hydrogen) atoms. The van der Waals surface area contributed by atoms with E-state index in [0.29, 0.717) is 0 Å². The number of benzene rings is 5. The van der Waals surface area contributed by atoms with Crippen molar-refractivity contribution in [1.29, 1.82) is 0 Å². The van der Waals surface area contributed by atoms with Crippen molar-refractivity contribution in [3.8, 4) is 33.4 Å². The van der Waals surface area contributed by atoms with E-state index in [1.165, 1.54) is 66.8 Å². The summed E-state index contributed by atoms with van der Waals surface area (Å²) in [6.45, 7) is 8.79. The summed E-state index contributed by atoms with van der Waals surface area (Å²) in [5.74, 6) is 0. The van der Waals surface area contributed by atoms with Crippen LogP contribution in [-0.4, -0.2) is 0 Å². The topological polar surface area (TPSA) is 0 Å². The molecule has 0 N–H and O–H groups in total. The molecule has 0 saturated carbocycles. The molecule has 0 unspecified atom stereocenters. The third-order valence-corrected chi connectivity index (χ3v) is 7.56. The van der Waals surface area contributed by atoms with Crippen molar-refractivity contribution in [1.82, 2.24) is 0 Å². The van der Waals surface area contributed by atoms with Gasteiger partial charge >= 0.3 is 0 Å². The number of hydrogen-bond acceptors (Lipinski definition) is 0. The Morgan fingerprint density at radius 3 is 1.45 bits per heavy atom. The van der Waals surface area contributed by atoms with Crippen molar-refractivity contribution in [3.63, 3.8) is 0 Å². The Bertz CT molecular complexity index is 1550. The maximum Gasteiger partial charge on any atom is -0.0154 e. The first-order chi connectivity index (χ1) is 18.5. The fourth-order valence-electron chi connectivity index (χ4n) is 5.03. The van der Waals surface area contributed by atoms with Gasteiger partial charge in [0.15, 0.2) is 0 Å². The smallest absolute Gasteiger partial charge is 0.0154 e. The molecule has 0 spiro atoms. The van der Waals surface area contributed by atoms with Crippen molar-refractivity contribution in [2.24, 2.45) is 0 Å². The van der Waals surface area contributed by atoms with Gasteiger partial charge in [0.2, 0.25) is 0 Å². The molecule has 0 amide bonds. The van der Waals surface area contributed by atoms with Crippen LogP contribution in [0.5, 0.6) is 0 Å². The predicted octanol–water partition coefficient (Wildman–Crippen LogP) is 10.6. The Labute approximate surface area is 228 Å². The normalized spacial score (nSPS) is 11.3. The number of rotatable bonds is 7. The first kappa shape index (κ1) is 25.5. The Morgan fingerprint density at radius 2 is 0.921 bits per heavy atom.